The van der Waals surface area contributed by atoms with Gasteiger partial charge in [0.25, 0.3) is 5.91 Å². The summed E-state index contributed by atoms with van der Waals surface area (Å²) in [7, 11) is 0. The van der Waals surface area contributed by atoms with E-state index in [0.29, 0.717) is 35.9 Å². The van der Waals surface area contributed by atoms with Gasteiger partial charge in [-0.3, -0.25) is 4.79 Å². The molecule has 2 aromatic rings. The molecule has 0 saturated carbocycles. The van der Waals surface area contributed by atoms with Crippen LogP contribution in [-0.4, -0.2) is 24.0 Å². The van der Waals surface area contributed by atoms with E-state index in [-0.39, 0.29) is 11.7 Å². The van der Waals surface area contributed by atoms with Crippen molar-refractivity contribution in [2.24, 2.45) is 5.73 Å². The van der Waals surface area contributed by atoms with Crippen LogP contribution < -0.4 is 15.4 Å². The second kappa shape index (κ2) is 6.59. The number of nitrogens with zero attached hydrogens (tertiary/aromatic N) is 2. The molecule has 8 heteroatoms. The van der Waals surface area contributed by atoms with Gasteiger partial charge in [0.05, 0.1) is 0 Å². The van der Waals surface area contributed by atoms with E-state index < -0.39 is 6.61 Å². The van der Waals surface area contributed by atoms with Gasteiger partial charge in [0.15, 0.2) is 0 Å². The number of fused-ring (bicyclic) bond motifs is 1. The molecule has 0 fully saturated rings. The number of nitrogens with two attached hydrogens (primary N) is 1. The topological polar surface area (TPSA) is 68.5 Å². The highest BCUT2D eigenvalue weighted by molar-refractivity contribution is 7.09. The second-order valence-corrected chi connectivity index (χ2v) is 6.00. The van der Waals surface area contributed by atoms with Crippen molar-refractivity contribution >= 4 is 22.9 Å². The molecule has 0 spiro atoms. The standard InChI is InChI=1S/C15H15F2N3O2S/c16-15(17)22-10-3-4-12-9(6-10)2-1-5-20(12)14(21)11-8-23-13(7-18)19-11/h3-4,6,8,15H,1-2,5,7,18H2. The number of halogens is 2. The molecule has 2 heterocycles. The zero-order valence-electron chi connectivity index (χ0n) is 12.2. The van der Waals surface area contributed by atoms with Crippen LogP contribution in [0, 0.1) is 0 Å². The number of carbonyl (C=O) groups excluding carboxylic acids is 1. The minimum atomic E-state index is -2.86. The van der Waals surface area contributed by atoms with Gasteiger partial charge in [-0.1, -0.05) is 0 Å². The van der Waals surface area contributed by atoms with Gasteiger partial charge in [0, 0.05) is 24.2 Å². The number of rotatable bonds is 4. The Labute approximate surface area is 135 Å². The number of carbonyl (C=O) groups is 1. The summed E-state index contributed by atoms with van der Waals surface area (Å²) >= 11 is 1.35. The first kappa shape index (κ1) is 15.8. The van der Waals surface area contributed by atoms with Crippen LogP contribution in [0.1, 0.15) is 27.5 Å². The van der Waals surface area contributed by atoms with Crippen molar-refractivity contribution in [2.75, 3.05) is 11.4 Å². The fraction of sp³-hybridized carbons (Fsp3) is 0.333. The van der Waals surface area contributed by atoms with Crippen LogP contribution >= 0.6 is 11.3 Å². The molecule has 0 saturated heterocycles. The minimum absolute atomic E-state index is 0.104. The fourth-order valence-electron chi connectivity index (χ4n) is 2.60. The molecule has 1 aliphatic heterocycles. The number of hydrogen-bond donors (Lipinski definition) is 1. The van der Waals surface area contributed by atoms with E-state index in [4.69, 9.17) is 5.73 Å². The number of thiazole rings is 1. The van der Waals surface area contributed by atoms with Crippen LogP contribution in [0.25, 0.3) is 0 Å². The highest BCUT2D eigenvalue weighted by Crippen LogP contribution is 2.32. The number of anilines is 1. The van der Waals surface area contributed by atoms with Crippen molar-refractivity contribution < 1.29 is 18.3 Å². The summed E-state index contributed by atoms with van der Waals surface area (Å²) in [6.07, 6.45) is 1.47. The molecule has 1 aromatic carbocycles. The lowest BCUT2D eigenvalue weighted by atomic mass is 10.0. The van der Waals surface area contributed by atoms with E-state index in [2.05, 4.69) is 9.72 Å². The number of hydrogen-bond acceptors (Lipinski definition) is 5. The molecule has 1 amide bonds. The van der Waals surface area contributed by atoms with Gasteiger partial charge >= 0.3 is 6.61 Å². The summed E-state index contributed by atoms with van der Waals surface area (Å²) in [6, 6.07) is 4.65. The maximum absolute atomic E-state index is 12.6. The highest BCUT2D eigenvalue weighted by Gasteiger charge is 2.25. The Balaban J connectivity index is 1.87. The smallest absolute Gasteiger partial charge is 0.387 e. The maximum atomic E-state index is 12.6. The Morgan fingerprint density at radius 2 is 2.30 bits per heavy atom. The molecule has 122 valence electrons. The van der Waals surface area contributed by atoms with Crippen molar-refractivity contribution in [1.29, 1.82) is 0 Å². The van der Waals surface area contributed by atoms with Crippen molar-refractivity contribution in [1.82, 2.24) is 4.98 Å². The third-order valence-corrected chi connectivity index (χ3v) is 4.46. The Bertz CT molecular complexity index is 720. The average molecular weight is 339 g/mol. The van der Waals surface area contributed by atoms with Crippen LogP contribution in [0.5, 0.6) is 5.75 Å². The summed E-state index contributed by atoms with van der Waals surface area (Å²) < 4.78 is 29.0. The summed E-state index contributed by atoms with van der Waals surface area (Å²) in [5.41, 5.74) is 7.41. The molecule has 23 heavy (non-hydrogen) atoms. The van der Waals surface area contributed by atoms with Gasteiger partial charge in [-0.25, -0.2) is 4.98 Å². The number of amides is 1. The maximum Gasteiger partial charge on any atom is 0.387 e. The van der Waals surface area contributed by atoms with Gasteiger partial charge in [-0.15, -0.1) is 11.3 Å². The quantitative estimate of drug-likeness (QED) is 0.930. The molecule has 0 radical (unpaired) electrons. The lowest BCUT2D eigenvalue weighted by Gasteiger charge is -2.29. The van der Waals surface area contributed by atoms with Crippen LogP contribution in [0.15, 0.2) is 23.6 Å². The average Bonchev–Trinajstić information content (AvgIpc) is 3.02. The molecule has 2 N–H and O–H groups in total. The van der Waals surface area contributed by atoms with E-state index in [1.54, 1.807) is 22.4 Å². The Morgan fingerprint density at radius 1 is 1.48 bits per heavy atom. The van der Waals surface area contributed by atoms with Gasteiger partial charge in [-0.2, -0.15) is 8.78 Å². The Hall–Kier alpha value is -2.06. The summed E-state index contributed by atoms with van der Waals surface area (Å²) in [4.78, 5) is 18.5. The molecule has 3 rings (SSSR count). The van der Waals surface area contributed by atoms with Gasteiger partial charge < -0.3 is 15.4 Å². The van der Waals surface area contributed by atoms with Gasteiger partial charge in [0.1, 0.15) is 16.5 Å². The van der Waals surface area contributed by atoms with Crippen LogP contribution in [0.3, 0.4) is 0 Å². The number of aryl methyl sites for hydroxylation is 1. The van der Waals surface area contributed by atoms with E-state index in [9.17, 15) is 13.6 Å². The predicted molar refractivity (Wildman–Crippen MR) is 83.1 cm³/mol. The summed E-state index contributed by atoms with van der Waals surface area (Å²) in [6.45, 7) is -2.00. The Morgan fingerprint density at radius 3 is 3.00 bits per heavy atom. The molecule has 0 unspecified atom stereocenters. The van der Waals surface area contributed by atoms with Gasteiger partial charge in [0.2, 0.25) is 0 Å². The van der Waals surface area contributed by atoms with Crippen LogP contribution in [0.2, 0.25) is 0 Å². The van der Waals surface area contributed by atoms with E-state index in [1.165, 1.54) is 17.4 Å². The van der Waals surface area contributed by atoms with Crippen molar-refractivity contribution in [3.05, 3.63) is 39.8 Å². The third-order valence-electron chi connectivity index (χ3n) is 3.59. The molecule has 1 aliphatic rings. The van der Waals surface area contributed by atoms with Crippen molar-refractivity contribution in [3.8, 4) is 5.75 Å². The zero-order chi connectivity index (χ0) is 16.4. The predicted octanol–water partition coefficient (Wildman–Crippen LogP) is 2.80. The van der Waals surface area contributed by atoms with Crippen LogP contribution in [0.4, 0.5) is 14.5 Å². The molecule has 0 bridgehead atoms. The summed E-state index contributed by atoms with van der Waals surface area (Å²) in [5.74, 6) is -0.100. The van der Waals surface area contributed by atoms with Crippen molar-refractivity contribution in [2.45, 2.75) is 26.0 Å². The molecule has 0 atom stereocenters. The minimum Gasteiger partial charge on any atom is -0.435 e. The van der Waals surface area contributed by atoms with E-state index >= 15 is 0 Å². The number of alkyl halides is 2. The molecule has 5 nitrogen and oxygen atoms in total. The normalized spacial score (nSPS) is 14.0. The first-order valence-corrected chi connectivity index (χ1v) is 8.00. The zero-order valence-corrected chi connectivity index (χ0v) is 13.0. The number of aromatic nitrogens is 1. The summed E-state index contributed by atoms with van der Waals surface area (Å²) in [5, 5.41) is 2.39. The van der Waals surface area contributed by atoms with E-state index in [1.807, 2.05) is 0 Å². The monoisotopic (exact) mass is 339 g/mol. The second-order valence-electron chi connectivity index (χ2n) is 5.06. The lowest BCUT2D eigenvalue weighted by molar-refractivity contribution is -0.0498. The first-order chi connectivity index (χ1) is 11.1. The lowest BCUT2D eigenvalue weighted by Crippen LogP contribution is -2.35. The Kier molecular flexibility index (Phi) is 4.53. The number of benzene rings is 1. The highest BCUT2D eigenvalue weighted by atomic mass is 32.1. The van der Waals surface area contributed by atoms with Gasteiger partial charge in [-0.05, 0) is 36.6 Å². The fourth-order valence-corrected chi connectivity index (χ4v) is 3.25. The molecular formula is C15H15F2N3O2S. The largest absolute Gasteiger partial charge is 0.435 e. The van der Waals surface area contributed by atoms with Crippen molar-refractivity contribution in [3.63, 3.8) is 0 Å². The third kappa shape index (κ3) is 3.32. The SMILES string of the molecule is NCc1nc(C(=O)N2CCCc3cc(OC(F)F)ccc32)cs1. The van der Waals surface area contributed by atoms with Crippen LogP contribution in [-0.2, 0) is 13.0 Å². The first-order valence-electron chi connectivity index (χ1n) is 7.12. The number of ether oxygens (including phenoxy) is 1. The molecule has 0 aliphatic carbocycles. The molecule has 1 aromatic heterocycles. The molecular weight excluding hydrogens is 324 g/mol. The van der Waals surface area contributed by atoms with E-state index in [0.717, 1.165) is 12.0 Å².